The third kappa shape index (κ3) is 16.3. The molecule has 21 heteroatoms. The van der Waals surface area contributed by atoms with Crippen LogP contribution in [-0.2, 0) is 28.8 Å². The van der Waals surface area contributed by atoms with Crippen LogP contribution in [0.2, 0.25) is 0 Å². The molecule has 6 atom stereocenters. The van der Waals surface area contributed by atoms with Crippen LogP contribution in [0, 0.1) is 0 Å². The van der Waals surface area contributed by atoms with Crippen LogP contribution in [0.15, 0.2) is 146 Å². The van der Waals surface area contributed by atoms with Gasteiger partial charge in [-0.15, -0.1) is 0 Å². The normalized spacial score (nSPS) is 16.9. The van der Waals surface area contributed by atoms with E-state index >= 15 is 0 Å². The molecule has 9 rings (SSSR count). The minimum Gasteiger partial charge on any atom is -0.485 e. The van der Waals surface area contributed by atoms with Crippen molar-refractivity contribution in [3.8, 4) is 34.5 Å². The van der Waals surface area contributed by atoms with Gasteiger partial charge in [0.1, 0.15) is 37.9 Å². The topological polar surface area (TPSA) is 308 Å². The molecular formula is C64H73N9O12. The van der Waals surface area contributed by atoms with E-state index in [2.05, 4.69) is 31.9 Å². The first-order chi connectivity index (χ1) is 41.5. The molecule has 3 aliphatic rings. The number of unbranched alkanes of at least 4 members (excludes halogenated alkanes) is 3. The Kier molecular flexibility index (Phi) is 21.2. The summed E-state index contributed by atoms with van der Waals surface area (Å²) in [4.78, 5) is 82.6. The predicted molar refractivity (Wildman–Crippen MR) is 320 cm³/mol. The minimum atomic E-state index is -0.965. The second-order valence-corrected chi connectivity index (χ2v) is 20.9. The van der Waals surface area contributed by atoms with E-state index in [4.69, 9.17) is 45.6 Å². The lowest BCUT2D eigenvalue weighted by molar-refractivity contribution is -0.133. The van der Waals surface area contributed by atoms with E-state index in [0.717, 1.165) is 16.7 Å². The molecule has 3 aliphatic heterocycles. The number of hydrogen-bond acceptors (Lipinski definition) is 15. The Bertz CT molecular complexity index is 2900. The van der Waals surface area contributed by atoms with Crippen molar-refractivity contribution in [2.75, 3.05) is 55.4 Å². The number of hydrogen-bond donors (Lipinski definition) is 9. The molecule has 6 amide bonds. The van der Waals surface area contributed by atoms with E-state index in [1.807, 2.05) is 54.6 Å². The van der Waals surface area contributed by atoms with Gasteiger partial charge in [0.15, 0.2) is 34.5 Å². The summed E-state index contributed by atoms with van der Waals surface area (Å²) < 4.78 is 35.1. The molecule has 85 heavy (non-hydrogen) atoms. The number of anilines is 3. The molecule has 0 radical (unpaired) electrons. The van der Waals surface area contributed by atoms with Gasteiger partial charge in [-0.3, -0.25) is 28.8 Å². The molecular weight excluding hydrogens is 1090 g/mol. The van der Waals surface area contributed by atoms with Gasteiger partial charge in [-0.25, -0.2) is 0 Å². The Hall–Kier alpha value is -9.18. The van der Waals surface area contributed by atoms with Crippen molar-refractivity contribution >= 4 is 52.5 Å². The monoisotopic (exact) mass is 1160 g/mol. The summed E-state index contributed by atoms with van der Waals surface area (Å²) in [6, 6.07) is 40.5. The fourth-order valence-corrected chi connectivity index (χ4v) is 10.1. The van der Waals surface area contributed by atoms with Crippen LogP contribution >= 0.6 is 0 Å². The molecule has 3 unspecified atom stereocenters. The molecule has 0 saturated carbocycles. The first-order valence-electron chi connectivity index (χ1n) is 28.9. The van der Waals surface area contributed by atoms with Crippen molar-refractivity contribution in [1.29, 1.82) is 0 Å². The first-order valence-corrected chi connectivity index (χ1v) is 28.9. The molecule has 0 spiro atoms. The van der Waals surface area contributed by atoms with Gasteiger partial charge >= 0.3 is 0 Å². The lowest BCUT2D eigenvalue weighted by Gasteiger charge is -2.27. The van der Waals surface area contributed by atoms with Crippen molar-refractivity contribution in [2.24, 2.45) is 17.2 Å². The van der Waals surface area contributed by atoms with Crippen LogP contribution in [0.25, 0.3) is 0 Å². The van der Waals surface area contributed by atoms with E-state index in [1.54, 1.807) is 91.0 Å². The molecule has 6 aromatic rings. The highest BCUT2D eigenvalue weighted by atomic mass is 16.6. The maximum absolute atomic E-state index is 14.0. The molecule has 446 valence electrons. The third-order valence-corrected chi connectivity index (χ3v) is 14.7. The van der Waals surface area contributed by atoms with E-state index in [0.29, 0.717) is 129 Å². The van der Waals surface area contributed by atoms with Gasteiger partial charge in [-0.2, -0.15) is 0 Å². The van der Waals surface area contributed by atoms with Crippen molar-refractivity contribution in [1.82, 2.24) is 16.0 Å². The van der Waals surface area contributed by atoms with Gasteiger partial charge in [0, 0.05) is 23.0 Å². The second kappa shape index (κ2) is 29.9. The van der Waals surface area contributed by atoms with E-state index in [9.17, 15) is 28.8 Å². The number of benzene rings is 6. The molecule has 0 aromatic heterocycles. The third-order valence-electron chi connectivity index (χ3n) is 14.7. The first kappa shape index (κ1) is 60.4. The molecule has 0 saturated heterocycles. The average Bonchev–Trinajstić information content (AvgIpc) is 3.70. The SMILES string of the molecule is NCCCC[C@@H](NC(=O)C1COc2ccccc2O1)C(=O)Nc1ccc(C(c2ccc(NC(=O)[C@@H](CCCCN)NC(=O)C3COc4ccccc4O3)cc2)c2ccc(NC(=O)[C@@H](CCCCN)NC(=O)C3COc4ccccc4O3)cc2)cc1. The lowest BCUT2D eigenvalue weighted by Crippen LogP contribution is -2.51. The highest BCUT2D eigenvalue weighted by molar-refractivity contribution is 5.99. The maximum Gasteiger partial charge on any atom is 0.265 e. The predicted octanol–water partition coefficient (Wildman–Crippen LogP) is 6.04. The largest absolute Gasteiger partial charge is 0.485 e. The number of carbonyl (C=O) groups excluding carboxylic acids is 6. The highest BCUT2D eigenvalue weighted by Crippen LogP contribution is 2.36. The van der Waals surface area contributed by atoms with Crippen LogP contribution in [0.5, 0.6) is 34.5 Å². The summed E-state index contributed by atoms with van der Waals surface area (Å²) in [5.74, 6) is -0.253. The number of para-hydroxylation sites is 6. The highest BCUT2D eigenvalue weighted by Gasteiger charge is 2.34. The van der Waals surface area contributed by atoms with Crippen LogP contribution in [0.4, 0.5) is 17.1 Å². The van der Waals surface area contributed by atoms with E-state index < -0.39 is 77.8 Å². The Morgan fingerprint density at radius 2 is 0.624 bits per heavy atom. The van der Waals surface area contributed by atoms with Gasteiger partial charge in [0.25, 0.3) is 17.7 Å². The van der Waals surface area contributed by atoms with Gasteiger partial charge in [-0.05, 0) is 167 Å². The molecule has 12 N–H and O–H groups in total. The van der Waals surface area contributed by atoms with Crippen LogP contribution in [0.1, 0.15) is 80.4 Å². The van der Waals surface area contributed by atoms with Crippen molar-refractivity contribution in [3.05, 3.63) is 162 Å². The molecule has 0 aliphatic carbocycles. The fourth-order valence-electron chi connectivity index (χ4n) is 10.1. The summed E-state index contributed by atoms with van der Waals surface area (Å²) in [6.45, 7) is 1.22. The van der Waals surface area contributed by atoms with Gasteiger partial charge in [0.2, 0.25) is 36.0 Å². The Balaban J connectivity index is 0.921. The lowest BCUT2D eigenvalue weighted by atomic mass is 9.85. The number of nitrogens with two attached hydrogens (primary N) is 3. The Labute approximate surface area is 493 Å². The summed E-state index contributed by atoms with van der Waals surface area (Å²) >= 11 is 0. The quantitative estimate of drug-likeness (QED) is 0.0210. The molecule has 21 nitrogen and oxygen atoms in total. The van der Waals surface area contributed by atoms with Gasteiger partial charge in [-0.1, -0.05) is 72.8 Å². The Morgan fingerprint density at radius 3 is 0.882 bits per heavy atom. The summed E-state index contributed by atoms with van der Waals surface area (Å²) in [6.07, 6.45) is 1.83. The second-order valence-electron chi connectivity index (χ2n) is 20.9. The zero-order valence-electron chi connectivity index (χ0n) is 47.1. The summed E-state index contributed by atoms with van der Waals surface area (Å²) in [7, 11) is 0. The van der Waals surface area contributed by atoms with Crippen LogP contribution < -0.4 is 77.5 Å². The molecule has 0 fully saturated rings. The number of fused-ring (bicyclic) bond motifs is 3. The van der Waals surface area contributed by atoms with Gasteiger partial charge < -0.3 is 77.5 Å². The Morgan fingerprint density at radius 1 is 0.365 bits per heavy atom. The zero-order valence-corrected chi connectivity index (χ0v) is 47.1. The van der Waals surface area contributed by atoms with Gasteiger partial charge in [0.05, 0.1) is 0 Å². The zero-order chi connectivity index (χ0) is 59.5. The van der Waals surface area contributed by atoms with Crippen molar-refractivity contribution < 1.29 is 57.2 Å². The molecule has 3 heterocycles. The molecule has 0 bridgehead atoms. The minimum absolute atomic E-state index is 0.0181. The van der Waals surface area contributed by atoms with Crippen LogP contribution in [-0.4, -0.2) is 111 Å². The summed E-state index contributed by atoms with van der Waals surface area (Å²) in [5.41, 5.74) is 21.3. The van der Waals surface area contributed by atoms with E-state index in [1.165, 1.54) is 0 Å². The number of amides is 6. The summed E-state index contributed by atoms with van der Waals surface area (Å²) in [5, 5.41) is 17.6. The maximum atomic E-state index is 14.0. The number of rotatable bonds is 27. The smallest absolute Gasteiger partial charge is 0.265 e. The average molecular weight is 1160 g/mol. The van der Waals surface area contributed by atoms with Crippen LogP contribution in [0.3, 0.4) is 0 Å². The number of nitrogens with one attached hydrogen (secondary N) is 6. The standard InChI is InChI=1S/C64H73N9O12/c65-34-10-7-13-46(71-62(77)55-37-80-49-16-1-4-19-52(49)83-55)59(74)68-43-28-22-40(23-29-43)58(41-24-30-44(31-25-41)69-60(75)47(14-8-11-35-66)72-63(78)56-38-81-50-17-2-5-20-53(50)84-56)42-26-32-45(33-27-42)70-61(76)48(15-9-12-36-67)73-64(79)57-39-82-51-18-3-6-21-54(51)85-57/h1-6,16-33,46-48,55-58H,7-15,34-39,65-67H2,(H,68,74)(H,69,75)(H,70,76)(H,71,77)(H,72,78)(H,73,79)/t46-,47-,48-,55?,56?,57?,58?/m1/s1. The molecule has 6 aromatic carbocycles. The van der Waals surface area contributed by atoms with Crippen molar-refractivity contribution in [3.63, 3.8) is 0 Å². The number of ether oxygens (including phenoxy) is 6. The van der Waals surface area contributed by atoms with E-state index in [-0.39, 0.29) is 19.8 Å². The van der Waals surface area contributed by atoms with Crippen molar-refractivity contribution in [2.45, 2.75) is 100 Å². The number of carbonyl (C=O) groups is 6. The fraction of sp³-hybridized carbons (Fsp3) is 0.344.